The summed E-state index contributed by atoms with van der Waals surface area (Å²) in [5.41, 5.74) is -1.08. The number of nitriles is 2. The molecule has 6 rings (SSSR count). The quantitative estimate of drug-likeness (QED) is 0.173. The molecular formula is C37H41ClF2N8O3S. The Hall–Kier alpha value is -4.34. The number of fused-ring (bicyclic) bond motifs is 2. The van der Waals surface area contributed by atoms with Crippen LogP contribution in [0.1, 0.15) is 65.9 Å². The molecule has 2 saturated heterocycles. The van der Waals surface area contributed by atoms with Crippen LogP contribution in [0.25, 0.3) is 32.1 Å². The summed E-state index contributed by atoms with van der Waals surface area (Å²) in [5, 5.41) is 26.0. The van der Waals surface area contributed by atoms with Gasteiger partial charge in [-0.1, -0.05) is 31.5 Å². The largest absolute Gasteiger partial charge is 0.461 e. The van der Waals surface area contributed by atoms with E-state index in [1.807, 2.05) is 4.90 Å². The number of anilines is 2. The Morgan fingerprint density at radius 2 is 2.02 bits per heavy atom. The summed E-state index contributed by atoms with van der Waals surface area (Å²) in [5.74, 6) is -1.04. The second kappa shape index (κ2) is 15.0. The zero-order valence-electron chi connectivity index (χ0n) is 29.8. The highest BCUT2D eigenvalue weighted by molar-refractivity contribution is 7.23. The van der Waals surface area contributed by atoms with Crippen LogP contribution in [0.15, 0.2) is 18.2 Å². The third-order valence-electron chi connectivity index (χ3n) is 9.77. The number of rotatable bonds is 9. The minimum absolute atomic E-state index is 0.00200. The normalized spacial score (nSPS) is 19.5. The van der Waals surface area contributed by atoms with Gasteiger partial charge < -0.3 is 19.7 Å². The van der Waals surface area contributed by atoms with Gasteiger partial charge in [-0.15, -0.1) is 11.3 Å². The van der Waals surface area contributed by atoms with Gasteiger partial charge in [-0.05, 0) is 70.8 Å². The molecule has 2 aliphatic heterocycles. The van der Waals surface area contributed by atoms with E-state index in [4.69, 9.17) is 26.1 Å². The maximum atomic E-state index is 17.2. The smallest absolute Gasteiger partial charge is 0.412 e. The number of carbonyl (C=O) groups excluding carboxylic acids is 1. The van der Waals surface area contributed by atoms with Crippen molar-refractivity contribution in [3.8, 4) is 29.3 Å². The van der Waals surface area contributed by atoms with Crippen LogP contribution >= 0.6 is 22.9 Å². The van der Waals surface area contributed by atoms with Crippen molar-refractivity contribution >= 4 is 60.8 Å². The molecule has 52 heavy (non-hydrogen) atoms. The number of likely N-dealkylation sites (tertiary alicyclic amines) is 1. The van der Waals surface area contributed by atoms with E-state index in [1.54, 1.807) is 26.8 Å². The summed E-state index contributed by atoms with van der Waals surface area (Å²) in [7, 11) is 0. The lowest BCUT2D eigenvalue weighted by Crippen LogP contribution is -2.51. The number of thiophene rings is 1. The number of hydrogen-bond acceptors (Lipinski definition) is 11. The van der Waals surface area contributed by atoms with Gasteiger partial charge in [-0.2, -0.15) is 20.5 Å². The first-order valence-corrected chi connectivity index (χ1v) is 18.6. The minimum atomic E-state index is -0.821. The second-order valence-corrected chi connectivity index (χ2v) is 15.6. The van der Waals surface area contributed by atoms with Gasteiger partial charge >= 0.3 is 12.1 Å². The fraction of sp³-hybridized carbons (Fsp3) is 0.486. The Kier molecular flexibility index (Phi) is 10.8. The predicted molar refractivity (Wildman–Crippen MR) is 199 cm³/mol. The van der Waals surface area contributed by atoms with Crippen LogP contribution in [0, 0.1) is 34.3 Å². The third-order valence-corrected chi connectivity index (χ3v) is 11.2. The third kappa shape index (κ3) is 7.18. The Labute approximate surface area is 310 Å². The molecule has 15 heteroatoms. The molecular weight excluding hydrogens is 710 g/mol. The van der Waals surface area contributed by atoms with E-state index < -0.39 is 23.3 Å². The standard InChI is InChI=1S/C37H41ClF2N8O3S/c1-6-37(12-8-15-48(37)7-2)20-50-34-44-30-23(32(45-34)47-16-14-43-21(19-47)11-13-41)17-25(38)28(29(30)40)22-9-10-26(39)31-27(22)24(18-42)33(52-31)46-35(49)51-36(3,4)5/h9-10,17,21,43H,6-8,11-12,14-16,19-20H2,1-5H3,(H,46,49)/t21-,37?/m0/s1. The number of carbonyl (C=O) groups is 1. The van der Waals surface area contributed by atoms with E-state index in [1.165, 1.54) is 12.1 Å². The molecule has 0 spiro atoms. The Morgan fingerprint density at radius 1 is 1.23 bits per heavy atom. The molecule has 2 aliphatic rings. The number of benzene rings is 2. The van der Waals surface area contributed by atoms with Gasteiger partial charge in [-0.3, -0.25) is 10.2 Å². The number of nitrogens with zero attached hydrogens (tertiary/aromatic N) is 6. The minimum Gasteiger partial charge on any atom is -0.461 e. The average molecular weight is 751 g/mol. The fourth-order valence-corrected chi connectivity index (χ4v) is 8.66. The molecule has 1 unspecified atom stereocenters. The van der Waals surface area contributed by atoms with Gasteiger partial charge in [0, 0.05) is 42.0 Å². The van der Waals surface area contributed by atoms with Crippen LogP contribution in [-0.2, 0) is 4.74 Å². The van der Waals surface area contributed by atoms with Gasteiger partial charge in [0.1, 0.15) is 40.4 Å². The summed E-state index contributed by atoms with van der Waals surface area (Å²) >= 11 is 7.76. The summed E-state index contributed by atoms with van der Waals surface area (Å²) in [6, 6.07) is 8.26. The lowest BCUT2D eigenvalue weighted by Gasteiger charge is -2.37. The van der Waals surface area contributed by atoms with Crippen molar-refractivity contribution < 1.29 is 23.0 Å². The van der Waals surface area contributed by atoms with Crippen LogP contribution in [0.5, 0.6) is 6.01 Å². The van der Waals surface area contributed by atoms with Gasteiger partial charge in [0.15, 0.2) is 5.82 Å². The molecule has 4 heterocycles. The first-order valence-electron chi connectivity index (χ1n) is 17.4. The topological polar surface area (TPSA) is 139 Å². The van der Waals surface area contributed by atoms with Gasteiger partial charge in [0.25, 0.3) is 0 Å². The zero-order chi connectivity index (χ0) is 37.4. The van der Waals surface area contributed by atoms with Crippen molar-refractivity contribution in [1.29, 1.82) is 10.5 Å². The number of halogens is 3. The molecule has 274 valence electrons. The van der Waals surface area contributed by atoms with Crippen molar-refractivity contribution in [3.05, 3.63) is 40.4 Å². The van der Waals surface area contributed by atoms with Crippen LogP contribution in [-0.4, -0.2) is 77.5 Å². The first kappa shape index (κ1) is 37.4. The molecule has 2 fully saturated rings. The van der Waals surface area contributed by atoms with E-state index in [9.17, 15) is 15.3 Å². The van der Waals surface area contributed by atoms with Gasteiger partial charge in [0.2, 0.25) is 0 Å². The number of likely N-dealkylation sites (N-methyl/N-ethyl adjacent to an activating group) is 1. The molecule has 2 atom stereocenters. The molecule has 0 bridgehead atoms. The molecule has 0 saturated carbocycles. The Balaban J connectivity index is 1.51. The van der Waals surface area contributed by atoms with E-state index >= 15 is 8.78 Å². The molecule has 2 aromatic carbocycles. The zero-order valence-corrected chi connectivity index (χ0v) is 31.4. The fourth-order valence-electron chi connectivity index (χ4n) is 7.30. The monoisotopic (exact) mass is 750 g/mol. The van der Waals surface area contributed by atoms with E-state index in [2.05, 4.69) is 46.5 Å². The highest BCUT2D eigenvalue weighted by atomic mass is 35.5. The summed E-state index contributed by atoms with van der Waals surface area (Å²) < 4.78 is 44.3. The summed E-state index contributed by atoms with van der Waals surface area (Å²) in [6.45, 7) is 13.0. The van der Waals surface area contributed by atoms with Crippen molar-refractivity contribution in [1.82, 2.24) is 20.2 Å². The van der Waals surface area contributed by atoms with Crippen molar-refractivity contribution in [2.75, 3.05) is 49.5 Å². The summed E-state index contributed by atoms with van der Waals surface area (Å²) in [6.07, 6.45) is 2.31. The molecule has 1 amide bonds. The lowest BCUT2D eigenvalue weighted by atomic mass is 9.94. The Bertz CT molecular complexity index is 2110. The van der Waals surface area contributed by atoms with E-state index in [0.29, 0.717) is 37.4 Å². The maximum Gasteiger partial charge on any atom is 0.412 e. The number of hydrogen-bond donors (Lipinski definition) is 2. The highest BCUT2D eigenvalue weighted by Crippen LogP contribution is 2.46. The molecule has 4 aromatic rings. The van der Waals surface area contributed by atoms with Gasteiger partial charge in [0.05, 0.1) is 33.3 Å². The number of nitrogens with one attached hydrogen (secondary N) is 2. The first-order chi connectivity index (χ1) is 24.8. The van der Waals surface area contributed by atoms with Crippen LogP contribution in [0.3, 0.4) is 0 Å². The molecule has 0 radical (unpaired) electrons. The SMILES string of the molecule is CCN1CCCC1(CC)COc1nc(N2CCN[C@@H](CC#N)C2)c2cc(Cl)c(-c3ccc(F)c4sc(NC(=O)OC(C)(C)C)c(C#N)c34)c(F)c2n1. The maximum absolute atomic E-state index is 17.2. The molecule has 2 N–H and O–H groups in total. The lowest BCUT2D eigenvalue weighted by molar-refractivity contribution is 0.0636. The Morgan fingerprint density at radius 3 is 2.71 bits per heavy atom. The van der Waals surface area contributed by atoms with Crippen LogP contribution in [0.4, 0.5) is 24.4 Å². The van der Waals surface area contributed by atoms with Crippen molar-refractivity contribution in [2.45, 2.75) is 77.5 Å². The highest BCUT2D eigenvalue weighted by Gasteiger charge is 2.40. The van der Waals surface area contributed by atoms with Crippen molar-refractivity contribution in [3.63, 3.8) is 0 Å². The molecule has 2 aromatic heterocycles. The second-order valence-electron chi connectivity index (χ2n) is 14.1. The number of piperazine rings is 1. The average Bonchev–Trinajstić information content (AvgIpc) is 3.69. The number of ether oxygens (including phenoxy) is 2. The number of aromatic nitrogens is 2. The van der Waals surface area contributed by atoms with E-state index in [0.717, 1.165) is 43.7 Å². The predicted octanol–water partition coefficient (Wildman–Crippen LogP) is 8.00. The summed E-state index contributed by atoms with van der Waals surface area (Å²) in [4.78, 5) is 26.5. The van der Waals surface area contributed by atoms with Crippen LogP contribution < -0.4 is 20.3 Å². The molecule has 0 aliphatic carbocycles. The van der Waals surface area contributed by atoms with Crippen molar-refractivity contribution in [2.24, 2.45) is 0 Å². The molecule has 11 nitrogen and oxygen atoms in total. The number of amides is 1. The van der Waals surface area contributed by atoms with E-state index in [-0.39, 0.29) is 66.3 Å². The van der Waals surface area contributed by atoms with Gasteiger partial charge in [-0.25, -0.2) is 13.6 Å². The van der Waals surface area contributed by atoms with Crippen LogP contribution in [0.2, 0.25) is 5.02 Å².